The Kier molecular flexibility index (Phi) is 6.63. The summed E-state index contributed by atoms with van der Waals surface area (Å²) in [5.41, 5.74) is 1.05. The summed E-state index contributed by atoms with van der Waals surface area (Å²) >= 11 is 5.92. The molecule has 7 nitrogen and oxygen atoms in total. The topological polar surface area (TPSA) is 93.4 Å². The van der Waals surface area contributed by atoms with Gasteiger partial charge < -0.3 is 0 Å². The predicted molar refractivity (Wildman–Crippen MR) is 126 cm³/mol. The zero-order chi connectivity index (χ0) is 24.5. The van der Waals surface area contributed by atoms with Crippen molar-refractivity contribution in [1.82, 2.24) is 14.6 Å². The number of ketones is 1. The number of benzene rings is 2. The molecule has 1 N–H and O–H groups in total. The van der Waals surface area contributed by atoms with Crippen molar-refractivity contribution in [2.24, 2.45) is 0 Å². The van der Waals surface area contributed by atoms with Gasteiger partial charge in [0, 0.05) is 35.5 Å². The molecule has 0 aliphatic heterocycles. The van der Waals surface area contributed by atoms with E-state index >= 15 is 0 Å². The molecule has 176 valence electrons. The summed E-state index contributed by atoms with van der Waals surface area (Å²) in [5.74, 6) is -3.44. The number of anilines is 1. The van der Waals surface area contributed by atoms with Crippen LogP contribution in [0, 0.1) is 11.6 Å². The summed E-state index contributed by atoms with van der Waals surface area (Å²) in [7, 11) is -3.82. The summed E-state index contributed by atoms with van der Waals surface area (Å²) in [6, 6.07) is 10.6. The van der Waals surface area contributed by atoms with Crippen LogP contribution in [0.15, 0.2) is 54.9 Å². The quantitative estimate of drug-likeness (QED) is 0.344. The van der Waals surface area contributed by atoms with E-state index in [1.54, 1.807) is 31.3 Å². The molecule has 0 amide bonds. The van der Waals surface area contributed by atoms with Crippen molar-refractivity contribution >= 4 is 38.7 Å². The maximum atomic E-state index is 14.9. The van der Waals surface area contributed by atoms with Crippen LogP contribution in [0.1, 0.15) is 29.3 Å². The molecule has 11 heteroatoms. The molecule has 2 aromatic carbocycles. The molecule has 0 saturated heterocycles. The Labute approximate surface area is 199 Å². The summed E-state index contributed by atoms with van der Waals surface area (Å²) in [4.78, 5) is 17.0. The summed E-state index contributed by atoms with van der Waals surface area (Å²) in [6.45, 7) is 1.65. The third kappa shape index (κ3) is 5.07. The molecule has 0 atom stereocenters. The van der Waals surface area contributed by atoms with Gasteiger partial charge >= 0.3 is 0 Å². The molecule has 0 unspecified atom stereocenters. The third-order valence-corrected chi connectivity index (χ3v) is 6.71. The molecule has 0 bridgehead atoms. The van der Waals surface area contributed by atoms with Gasteiger partial charge in [0.25, 0.3) is 0 Å². The van der Waals surface area contributed by atoms with Crippen LogP contribution < -0.4 is 4.72 Å². The van der Waals surface area contributed by atoms with Crippen molar-refractivity contribution < 1.29 is 22.0 Å². The summed E-state index contributed by atoms with van der Waals surface area (Å²) < 4.78 is 56.7. The van der Waals surface area contributed by atoms with E-state index < -0.39 is 38.7 Å². The minimum absolute atomic E-state index is 0.235. The van der Waals surface area contributed by atoms with Gasteiger partial charge in [-0.3, -0.25) is 9.52 Å². The Balaban J connectivity index is 1.60. The number of hydrogen-bond acceptors (Lipinski definition) is 5. The van der Waals surface area contributed by atoms with Crippen LogP contribution in [0.2, 0.25) is 5.02 Å². The number of sulfonamides is 1. The van der Waals surface area contributed by atoms with Crippen LogP contribution in [0.5, 0.6) is 0 Å². The number of rotatable bonds is 8. The van der Waals surface area contributed by atoms with Gasteiger partial charge in [-0.15, -0.1) is 0 Å². The maximum Gasteiger partial charge on any atom is 0.232 e. The molecule has 0 radical (unpaired) electrons. The second-order valence-electron chi connectivity index (χ2n) is 7.61. The fraction of sp³-hybridized carbons (Fsp3) is 0.174. The van der Waals surface area contributed by atoms with Crippen molar-refractivity contribution in [2.45, 2.75) is 19.8 Å². The number of nitrogens with one attached hydrogen (secondary N) is 1. The molecule has 0 spiro atoms. The van der Waals surface area contributed by atoms with E-state index in [2.05, 4.69) is 14.8 Å². The highest BCUT2D eigenvalue weighted by Crippen LogP contribution is 2.25. The van der Waals surface area contributed by atoms with Gasteiger partial charge in [0.15, 0.2) is 17.2 Å². The normalized spacial score (nSPS) is 11.6. The zero-order valence-electron chi connectivity index (χ0n) is 17.9. The Morgan fingerprint density at radius 2 is 1.88 bits per heavy atom. The third-order valence-electron chi connectivity index (χ3n) is 4.98. The Bertz CT molecular complexity index is 1490. The molecule has 2 aromatic heterocycles. The number of Topliss-reactive ketones (excluding diaryl/α,β-unsaturated/α-hetero) is 1. The van der Waals surface area contributed by atoms with Crippen molar-refractivity contribution in [3.63, 3.8) is 0 Å². The smallest absolute Gasteiger partial charge is 0.232 e. The molecule has 0 aliphatic rings. The first-order chi connectivity index (χ1) is 16.2. The molecular formula is C23H19ClF2N4O3S. The molecular weight excluding hydrogens is 486 g/mol. The van der Waals surface area contributed by atoms with Gasteiger partial charge in [0.2, 0.25) is 10.0 Å². The SMILES string of the molecule is CCCS(=O)(=O)Nc1ccc(F)c(C(=O)Cc2cnc3cc(-c4ccc(Cl)cc4)nn3c2)c1F. The second kappa shape index (κ2) is 9.47. The van der Waals surface area contributed by atoms with E-state index in [0.717, 1.165) is 17.7 Å². The fourth-order valence-electron chi connectivity index (χ4n) is 3.42. The summed E-state index contributed by atoms with van der Waals surface area (Å²) in [6.07, 6.45) is 2.91. The number of carbonyl (C=O) groups is 1. The van der Waals surface area contributed by atoms with Gasteiger partial charge in [-0.1, -0.05) is 30.7 Å². The molecule has 34 heavy (non-hydrogen) atoms. The van der Waals surface area contributed by atoms with Crippen molar-refractivity contribution in [1.29, 1.82) is 0 Å². The zero-order valence-corrected chi connectivity index (χ0v) is 19.5. The molecule has 0 fully saturated rings. The number of aromatic nitrogens is 3. The van der Waals surface area contributed by atoms with E-state index in [1.165, 1.54) is 10.7 Å². The van der Waals surface area contributed by atoms with E-state index in [0.29, 0.717) is 28.3 Å². The number of carbonyl (C=O) groups excluding carboxylic acids is 1. The number of nitrogens with zero attached hydrogens (tertiary/aromatic N) is 3. The van der Waals surface area contributed by atoms with Crippen molar-refractivity contribution in [3.8, 4) is 11.3 Å². The monoisotopic (exact) mass is 504 g/mol. The first-order valence-electron chi connectivity index (χ1n) is 10.3. The molecule has 4 rings (SSSR count). The van der Waals surface area contributed by atoms with Gasteiger partial charge in [-0.05, 0) is 36.2 Å². The Morgan fingerprint density at radius 3 is 2.59 bits per heavy atom. The lowest BCUT2D eigenvalue weighted by Crippen LogP contribution is -2.19. The van der Waals surface area contributed by atoms with E-state index in [4.69, 9.17) is 11.6 Å². The van der Waals surface area contributed by atoms with E-state index in [-0.39, 0.29) is 12.2 Å². The van der Waals surface area contributed by atoms with Gasteiger partial charge in [-0.2, -0.15) is 5.10 Å². The number of fused-ring (bicyclic) bond motifs is 1. The van der Waals surface area contributed by atoms with E-state index in [9.17, 15) is 22.0 Å². The Morgan fingerprint density at radius 1 is 1.15 bits per heavy atom. The van der Waals surface area contributed by atoms with Crippen LogP contribution >= 0.6 is 11.6 Å². The summed E-state index contributed by atoms with van der Waals surface area (Å²) in [5, 5.41) is 5.03. The highest BCUT2D eigenvalue weighted by atomic mass is 35.5. The fourth-order valence-corrected chi connectivity index (χ4v) is 4.67. The van der Waals surface area contributed by atoms with Gasteiger partial charge in [0.05, 0.1) is 22.7 Å². The average molecular weight is 505 g/mol. The molecule has 2 heterocycles. The largest absolute Gasteiger partial charge is 0.294 e. The van der Waals surface area contributed by atoms with Crippen molar-refractivity contribution in [3.05, 3.63) is 82.6 Å². The van der Waals surface area contributed by atoms with E-state index in [1.807, 2.05) is 12.1 Å². The number of halogens is 3. The highest BCUT2D eigenvalue weighted by Gasteiger charge is 2.23. The highest BCUT2D eigenvalue weighted by molar-refractivity contribution is 7.92. The standard InChI is InChI=1S/C23H19ClF2N4O3S/c1-2-9-34(32,33)29-18-8-7-17(25)22(23(18)26)20(31)10-14-12-27-21-11-19(28-30(21)13-14)15-3-5-16(24)6-4-15/h3-8,11-13,29H,2,9-10H2,1H3. The van der Waals surface area contributed by atoms with Crippen LogP contribution in [0.3, 0.4) is 0 Å². The lowest BCUT2D eigenvalue weighted by atomic mass is 10.0. The molecule has 0 saturated carbocycles. The van der Waals surface area contributed by atoms with Crippen molar-refractivity contribution in [2.75, 3.05) is 10.5 Å². The van der Waals surface area contributed by atoms with Crippen LogP contribution in [-0.4, -0.2) is 34.6 Å². The van der Waals surface area contributed by atoms with Crippen LogP contribution in [-0.2, 0) is 16.4 Å². The minimum atomic E-state index is -3.82. The lowest BCUT2D eigenvalue weighted by molar-refractivity contribution is 0.0984. The predicted octanol–water partition coefficient (Wildman–Crippen LogP) is 4.91. The first kappa shape index (κ1) is 23.8. The lowest BCUT2D eigenvalue weighted by Gasteiger charge is -2.11. The molecule has 4 aromatic rings. The van der Waals surface area contributed by atoms with Gasteiger partial charge in [-0.25, -0.2) is 26.7 Å². The van der Waals surface area contributed by atoms with Crippen LogP contribution in [0.25, 0.3) is 16.9 Å². The second-order valence-corrected chi connectivity index (χ2v) is 9.88. The average Bonchev–Trinajstić information content (AvgIpc) is 3.19. The minimum Gasteiger partial charge on any atom is -0.294 e. The first-order valence-corrected chi connectivity index (χ1v) is 12.3. The van der Waals surface area contributed by atoms with Crippen LogP contribution in [0.4, 0.5) is 14.5 Å². The Hall–Kier alpha value is -3.37. The number of hydrogen-bond donors (Lipinski definition) is 1. The molecule has 0 aliphatic carbocycles. The van der Waals surface area contributed by atoms with Gasteiger partial charge in [0.1, 0.15) is 5.82 Å². The maximum absolute atomic E-state index is 14.9.